The summed E-state index contributed by atoms with van der Waals surface area (Å²) in [5, 5.41) is 0. The van der Waals surface area contributed by atoms with Gasteiger partial charge in [-0.3, -0.25) is 4.79 Å². The maximum absolute atomic E-state index is 12.8. The van der Waals surface area contributed by atoms with Crippen molar-refractivity contribution in [1.82, 2.24) is 9.21 Å². The zero-order valence-corrected chi connectivity index (χ0v) is 14.2. The quantitative estimate of drug-likeness (QED) is 0.823. The second-order valence-corrected chi connectivity index (χ2v) is 8.98. The highest BCUT2D eigenvalue weighted by atomic mass is 32.2. The van der Waals surface area contributed by atoms with Gasteiger partial charge in [-0.05, 0) is 31.9 Å². The standard InChI is InChI=1S/C14H20N2O4S2/c1-11-4-5-13(21-11)22(18,19)16-6-2-3-12(16)14(17)15-7-9-20-10-8-15/h4-5,12H,2-3,6-10H2,1H3/t12-/m1/s1. The molecule has 0 aliphatic carbocycles. The SMILES string of the molecule is Cc1ccc(S(=O)(=O)N2CCC[C@@H]2C(=O)N2CCOCC2)s1. The summed E-state index contributed by atoms with van der Waals surface area (Å²) in [7, 11) is -3.58. The number of carbonyl (C=O) groups is 1. The summed E-state index contributed by atoms with van der Waals surface area (Å²) in [4.78, 5) is 15.3. The number of carbonyl (C=O) groups excluding carboxylic acids is 1. The van der Waals surface area contributed by atoms with E-state index in [-0.39, 0.29) is 5.91 Å². The molecule has 0 unspecified atom stereocenters. The molecule has 0 spiro atoms. The van der Waals surface area contributed by atoms with Gasteiger partial charge in [0, 0.05) is 24.5 Å². The molecule has 122 valence electrons. The molecular weight excluding hydrogens is 324 g/mol. The fraction of sp³-hybridized carbons (Fsp3) is 0.643. The lowest BCUT2D eigenvalue weighted by Crippen LogP contribution is -2.50. The van der Waals surface area contributed by atoms with E-state index in [1.807, 2.05) is 6.92 Å². The van der Waals surface area contributed by atoms with Crippen molar-refractivity contribution in [2.45, 2.75) is 30.0 Å². The lowest BCUT2D eigenvalue weighted by Gasteiger charge is -2.32. The molecule has 2 aliphatic rings. The van der Waals surface area contributed by atoms with Crippen LogP contribution < -0.4 is 0 Å². The van der Waals surface area contributed by atoms with Crippen LogP contribution in [-0.2, 0) is 19.6 Å². The van der Waals surface area contributed by atoms with E-state index in [2.05, 4.69) is 0 Å². The highest BCUT2D eigenvalue weighted by Crippen LogP contribution is 2.30. The molecule has 2 saturated heterocycles. The largest absolute Gasteiger partial charge is 0.378 e. The van der Waals surface area contributed by atoms with Crippen LogP contribution in [0.25, 0.3) is 0 Å². The molecule has 22 heavy (non-hydrogen) atoms. The molecule has 6 nitrogen and oxygen atoms in total. The third kappa shape index (κ3) is 2.92. The monoisotopic (exact) mass is 344 g/mol. The van der Waals surface area contributed by atoms with Crippen molar-refractivity contribution >= 4 is 27.3 Å². The zero-order valence-electron chi connectivity index (χ0n) is 12.5. The minimum atomic E-state index is -3.58. The average molecular weight is 344 g/mol. The Hall–Kier alpha value is -0.960. The number of rotatable bonds is 3. The Morgan fingerprint density at radius 2 is 2.00 bits per heavy atom. The predicted molar refractivity (Wildman–Crippen MR) is 83.4 cm³/mol. The van der Waals surface area contributed by atoms with E-state index in [9.17, 15) is 13.2 Å². The van der Waals surface area contributed by atoms with Crippen LogP contribution in [-0.4, -0.2) is 62.4 Å². The minimum Gasteiger partial charge on any atom is -0.378 e. The first-order chi connectivity index (χ1) is 10.5. The first kappa shape index (κ1) is 15.9. The lowest BCUT2D eigenvalue weighted by atomic mass is 10.2. The maximum Gasteiger partial charge on any atom is 0.253 e. The van der Waals surface area contributed by atoms with Crippen molar-refractivity contribution in [3.05, 3.63) is 17.0 Å². The summed E-state index contributed by atoms with van der Waals surface area (Å²) in [5.41, 5.74) is 0. The van der Waals surface area contributed by atoms with Gasteiger partial charge in [0.15, 0.2) is 0 Å². The molecule has 8 heteroatoms. The van der Waals surface area contributed by atoms with Gasteiger partial charge >= 0.3 is 0 Å². The topological polar surface area (TPSA) is 66.9 Å². The molecule has 1 amide bonds. The van der Waals surface area contributed by atoms with Gasteiger partial charge in [-0.15, -0.1) is 11.3 Å². The number of nitrogens with zero attached hydrogens (tertiary/aromatic N) is 2. The van der Waals surface area contributed by atoms with Gasteiger partial charge in [0.2, 0.25) is 5.91 Å². The number of aryl methyl sites for hydroxylation is 1. The molecule has 0 N–H and O–H groups in total. The highest BCUT2D eigenvalue weighted by molar-refractivity contribution is 7.91. The first-order valence-corrected chi connectivity index (χ1v) is 9.70. The van der Waals surface area contributed by atoms with E-state index in [1.165, 1.54) is 15.6 Å². The van der Waals surface area contributed by atoms with Gasteiger partial charge in [-0.25, -0.2) is 8.42 Å². The molecule has 0 bridgehead atoms. The molecular formula is C14H20N2O4S2. The Bertz CT molecular complexity index is 650. The van der Waals surface area contributed by atoms with Crippen LogP contribution in [0.1, 0.15) is 17.7 Å². The lowest BCUT2D eigenvalue weighted by molar-refractivity contribution is -0.138. The maximum atomic E-state index is 12.8. The van der Waals surface area contributed by atoms with Crippen LogP contribution in [0.2, 0.25) is 0 Å². The molecule has 2 fully saturated rings. The minimum absolute atomic E-state index is 0.0855. The Morgan fingerprint density at radius 3 is 2.64 bits per heavy atom. The Morgan fingerprint density at radius 1 is 1.27 bits per heavy atom. The van der Waals surface area contributed by atoms with Crippen molar-refractivity contribution in [3.8, 4) is 0 Å². The summed E-state index contributed by atoms with van der Waals surface area (Å²) in [6, 6.07) is 2.86. The van der Waals surface area contributed by atoms with Crippen molar-refractivity contribution in [2.75, 3.05) is 32.8 Å². The Labute approximate surface area is 134 Å². The van der Waals surface area contributed by atoms with Gasteiger partial charge in [-0.2, -0.15) is 4.31 Å². The fourth-order valence-corrected chi connectivity index (χ4v) is 6.00. The first-order valence-electron chi connectivity index (χ1n) is 7.45. The molecule has 3 heterocycles. The fourth-order valence-electron chi connectivity index (χ4n) is 2.94. The zero-order chi connectivity index (χ0) is 15.7. The molecule has 3 rings (SSSR count). The van der Waals surface area contributed by atoms with Crippen LogP contribution in [0.3, 0.4) is 0 Å². The normalized spacial score (nSPS) is 23.9. The molecule has 1 aromatic rings. The number of hydrogen-bond donors (Lipinski definition) is 0. The van der Waals surface area contributed by atoms with Gasteiger partial charge in [-0.1, -0.05) is 0 Å². The van der Waals surface area contributed by atoms with Crippen LogP contribution in [0.4, 0.5) is 0 Å². The number of thiophene rings is 1. The molecule has 2 aliphatic heterocycles. The van der Waals surface area contributed by atoms with Crippen molar-refractivity contribution in [2.24, 2.45) is 0 Å². The number of hydrogen-bond acceptors (Lipinski definition) is 5. The summed E-state index contributed by atoms with van der Waals surface area (Å²) >= 11 is 1.26. The van der Waals surface area contributed by atoms with Crippen LogP contribution in [0.15, 0.2) is 16.3 Å². The van der Waals surface area contributed by atoms with E-state index in [4.69, 9.17) is 4.74 Å². The second kappa shape index (κ2) is 6.27. The molecule has 1 atom stereocenters. The summed E-state index contributed by atoms with van der Waals surface area (Å²) in [6.07, 6.45) is 1.32. The van der Waals surface area contributed by atoms with E-state index in [1.54, 1.807) is 17.0 Å². The Balaban J connectivity index is 1.82. The molecule has 0 radical (unpaired) electrons. The van der Waals surface area contributed by atoms with Crippen molar-refractivity contribution in [3.63, 3.8) is 0 Å². The molecule has 0 saturated carbocycles. The van der Waals surface area contributed by atoms with E-state index in [0.29, 0.717) is 43.5 Å². The second-order valence-electron chi connectivity index (χ2n) is 5.58. The summed E-state index contributed by atoms with van der Waals surface area (Å²) in [6.45, 7) is 4.43. The number of sulfonamides is 1. The van der Waals surface area contributed by atoms with Crippen LogP contribution in [0.5, 0.6) is 0 Å². The summed E-state index contributed by atoms with van der Waals surface area (Å²) in [5.74, 6) is -0.0855. The average Bonchev–Trinajstić information content (AvgIpc) is 3.16. The van der Waals surface area contributed by atoms with Gasteiger partial charge in [0.05, 0.1) is 13.2 Å². The van der Waals surface area contributed by atoms with Crippen LogP contribution in [0, 0.1) is 6.92 Å². The van der Waals surface area contributed by atoms with E-state index >= 15 is 0 Å². The van der Waals surface area contributed by atoms with Gasteiger partial charge < -0.3 is 9.64 Å². The number of ether oxygens (including phenoxy) is 1. The van der Waals surface area contributed by atoms with E-state index in [0.717, 1.165) is 11.3 Å². The van der Waals surface area contributed by atoms with E-state index < -0.39 is 16.1 Å². The van der Waals surface area contributed by atoms with Gasteiger partial charge in [0.1, 0.15) is 10.3 Å². The third-order valence-corrected chi connectivity index (χ3v) is 7.47. The number of amides is 1. The smallest absolute Gasteiger partial charge is 0.253 e. The number of morpholine rings is 1. The van der Waals surface area contributed by atoms with Crippen molar-refractivity contribution < 1.29 is 17.9 Å². The predicted octanol–water partition coefficient (Wildman–Crippen LogP) is 1.07. The third-order valence-electron chi connectivity index (χ3n) is 4.09. The van der Waals surface area contributed by atoms with Crippen LogP contribution >= 0.6 is 11.3 Å². The van der Waals surface area contributed by atoms with Gasteiger partial charge in [0.25, 0.3) is 10.0 Å². The highest BCUT2D eigenvalue weighted by Gasteiger charge is 2.41. The summed E-state index contributed by atoms with van der Waals surface area (Å²) < 4.78 is 32.5. The molecule has 1 aromatic heterocycles. The van der Waals surface area contributed by atoms with Crippen molar-refractivity contribution in [1.29, 1.82) is 0 Å². The Kier molecular flexibility index (Phi) is 4.54. The molecule has 0 aromatic carbocycles.